The van der Waals surface area contributed by atoms with Crippen molar-refractivity contribution in [3.8, 4) is 0 Å². The van der Waals surface area contributed by atoms with Gasteiger partial charge in [-0.25, -0.2) is 0 Å². The Bertz CT molecular complexity index is 206. The molecule has 1 saturated heterocycles. The quantitative estimate of drug-likeness (QED) is 0.416. The van der Waals surface area contributed by atoms with Gasteiger partial charge >= 0.3 is 0 Å². The first-order valence-electron chi connectivity index (χ1n) is 9.06. The van der Waals surface area contributed by atoms with E-state index in [0.29, 0.717) is 12.2 Å². The molecule has 1 aliphatic rings. The lowest BCUT2D eigenvalue weighted by Gasteiger charge is -2.11. The van der Waals surface area contributed by atoms with E-state index in [4.69, 9.17) is 9.47 Å². The number of unbranched alkanes of at least 4 members (excludes halogenated alkanes) is 9. The molecule has 1 heterocycles. The van der Waals surface area contributed by atoms with E-state index in [-0.39, 0.29) is 0 Å². The van der Waals surface area contributed by atoms with Crippen LogP contribution in [0.3, 0.4) is 0 Å². The number of hydrogen-bond donors (Lipinski definition) is 0. The Balaban J connectivity index is 1.70. The van der Waals surface area contributed by atoms with Gasteiger partial charge in [0.05, 0.1) is 18.8 Å². The van der Waals surface area contributed by atoms with Crippen LogP contribution in [0.5, 0.6) is 0 Å². The van der Waals surface area contributed by atoms with Crippen molar-refractivity contribution in [2.75, 3.05) is 13.2 Å². The monoisotopic (exact) mass is 284 g/mol. The molecule has 0 radical (unpaired) electrons. The minimum absolute atomic E-state index is 0.369. The first-order chi connectivity index (χ1) is 9.83. The smallest absolute Gasteiger partial charge is 0.0813 e. The van der Waals surface area contributed by atoms with E-state index in [1.165, 1.54) is 77.0 Å². The molecular formula is C18H36O2. The summed E-state index contributed by atoms with van der Waals surface area (Å²) < 4.78 is 11.4. The number of hydrogen-bond acceptors (Lipinski definition) is 2. The average Bonchev–Trinajstić information content (AvgIpc) is 2.86. The van der Waals surface area contributed by atoms with Crippen molar-refractivity contribution >= 4 is 0 Å². The van der Waals surface area contributed by atoms with Crippen LogP contribution in [0.15, 0.2) is 0 Å². The van der Waals surface area contributed by atoms with Crippen molar-refractivity contribution < 1.29 is 9.47 Å². The van der Waals surface area contributed by atoms with Gasteiger partial charge in [-0.1, -0.05) is 64.7 Å². The summed E-state index contributed by atoms with van der Waals surface area (Å²) in [5, 5.41) is 0. The number of ether oxygens (including phenoxy) is 2. The molecule has 2 atom stereocenters. The molecule has 0 unspecified atom stereocenters. The van der Waals surface area contributed by atoms with Gasteiger partial charge in [0.1, 0.15) is 0 Å². The molecule has 1 aliphatic heterocycles. The molecule has 0 amide bonds. The Morgan fingerprint density at radius 1 is 0.850 bits per heavy atom. The third-order valence-corrected chi connectivity index (χ3v) is 4.27. The zero-order valence-electron chi connectivity index (χ0n) is 13.9. The van der Waals surface area contributed by atoms with Gasteiger partial charge in [0, 0.05) is 6.61 Å². The molecule has 0 aromatic carbocycles. The van der Waals surface area contributed by atoms with E-state index in [1.807, 2.05) is 0 Å². The van der Waals surface area contributed by atoms with Crippen LogP contribution in [0.4, 0.5) is 0 Å². The molecule has 1 rings (SSSR count). The maximum absolute atomic E-state index is 5.74. The topological polar surface area (TPSA) is 18.5 Å². The lowest BCUT2D eigenvalue weighted by atomic mass is 10.1. The fraction of sp³-hybridized carbons (Fsp3) is 1.00. The highest BCUT2D eigenvalue weighted by Gasteiger charge is 2.21. The van der Waals surface area contributed by atoms with Crippen LogP contribution in [0.25, 0.3) is 0 Å². The van der Waals surface area contributed by atoms with Crippen LogP contribution in [0.2, 0.25) is 0 Å². The summed E-state index contributed by atoms with van der Waals surface area (Å²) in [6.45, 7) is 6.16. The van der Waals surface area contributed by atoms with Crippen molar-refractivity contribution in [3.63, 3.8) is 0 Å². The van der Waals surface area contributed by atoms with Crippen molar-refractivity contribution in [1.29, 1.82) is 0 Å². The summed E-state index contributed by atoms with van der Waals surface area (Å²) in [6.07, 6.45) is 17.1. The highest BCUT2D eigenvalue weighted by atomic mass is 16.5. The third kappa shape index (κ3) is 9.77. The molecule has 1 fully saturated rings. The minimum Gasteiger partial charge on any atom is -0.379 e. The van der Waals surface area contributed by atoms with Gasteiger partial charge in [0.15, 0.2) is 0 Å². The molecule has 0 spiro atoms. The maximum atomic E-state index is 5.74. The fourth-order valence-corrected chi connectivity index (χ4v) is 2.91. The number of rotatable bonds is 13. The van der Waals surface area contributed by atoms with Gasteiger partial charge in [-0.3, -0.25) is 0 Å². The maximum Gasteiger partial charge on any atom is 0.0813 e. The Morgan fingerprint density at radius 3 is 2.00 bits per heavy atom. The Kier molecular flexibility index (Phi) is 11.4. The Labute approximate surface area is 126 Å². The van der Waals surface area contributed by atoms with Gasteiger partial charge in [-0.05, 0) is 26.2 Å². The normalized spacial score (nSPS) is 22.5. The van der Waals surface area contributed by atoms with E-state index in [0.717, 1.165) is 13.2 Å². The van der Waals surface area contributed by atoms with Crippen LogP contribution in [0, 0.1) is 0 Å². The Hall–Kier alpha value is -0.0800. The summed E-state index contributed by atoms with van der Waals surface area (Å²) in [7, 11) is 0. The molecule has 0 saturated carbocycles. The standard InChI is InChI=1S/C18H36O2/c1-3-4-5-6-7-8-9-10-11-12-15-19-16-18-14-13-17(2)20-18/h17-18H,3-16H2,1-2H3/t17-,18-/m0/s1. The lowest BCUT2D eigenvalue weighted by Crippen LogP contribution is -2.16. The van der Waals surface area contributed by atoms with E-state index >= 15 is 0 Å². The zero-order chi connectivity index (χ0) is 14.5. The highest BCUT2D eigenvalue weighted by molar-refractivity contribution is 4.69. The average molecular weight is 284 g/mol. The van der Waals surface area contributed by atoms with Gasteiger partial charge in [0.2, 0.25) is 0 Å². The van der Waals surface area contributed by atoms with Gasteiger partial charge < -0.3 is 9.47 Å². The molecular weight excluding hydrogens is 248 g/mol. The van der Waals surface area contributed by atoms with Crippen molar-refractivity contribution in [2.24, 2.45) is 0 Å². The van der Waals surface area contributed by atoms with E-state index in [1.54, 1.807) is 0 Å². The lowest BCUT2D eigenvalue weighted by molar-refractivity contribution is -0.00989. The van der Waals surface area contributed by atoms with Gasteiger partial charge in [-0.15, -0.1) is 0 Å². The SMILES string of the molecule is CCCCCCCCCCCCOC[C@@H]1CC[C@H](C)O1. The summed E-state index contributed by atoms with van der Waals surface area (Å²) >= 11 is 0. The van der Waals surface area contributed by atoms with Crippen LogP contribution >= 0.6 is 0 Å². The molecule has 0 aromatic rings. The second-order valence-electron chi connectivity index (χ2n) is 6.40. The summed E-state index contributed by atoms with van der Waals surface area (Å²) in [5.41, 5.74) is 0. The second-order valence-corrected chi connectivity index (χ2v) is 6.40. The van der Waals surface area contributed by atoms with E-state index in [9.17, 15) is 0 Å². The van der Waals surface area contributed by atoms with Crippen LogP contribution in [0.1, 0.15) is 90.9 Å². The summed E-state index contributed by atoms with van der Waals surface area (Å²) in [6, 6.07) is 0. The van der Waals surface area contributed by atoms with Gasteiger partial charge in [-0.2, -0.15) is 0 Å². The minimum atomic E-state index is 0.369. The fourth-order valence-electron chi connectivity index (χ4n) is 2.91. The third-order valence-electron chi connectivity index (χ3n) is 4.27. The van der Waals surface area contributed by atoms with Gasteiger partial charge in [0.25, 0.3) is 0 Å². The molecule has 0 aliphatic carbocycles. The molecule has 2 heteroatoms. The van der Waals surface area contributed by atoms with Crippen LogP contribution in [-0.2, 0) is 9.47 Å². The molecule has 20 heavy (non-hydrogen) atoms. The summed E-state index contributed by atoms with van der Waals surface area (Å²) in [5.74, 6) is 0. The Morgan fingerprint density at radius 2 is 1.45 bits per heavy atom. The predicted octanol–water partition coefficient (Wildman–Crippen LogP) is 5.49. The molecule has 0 bridgehead atoms. The van der Waals surface area contributed by atoms with Crippen molar-refractivity contribution in [1.82, 2.24) is 0 Å². The largest absolute Gasteiger partial charge is 0.379 e. The molecule has 0 aromatic heterocycles. The first-order valence-corrected chi connectivity index (χ1v) is 9.06. The second kappa shape index (κ2) is 12.6. The van der Waals surface area contributed by atoms with E-state index < -0.39 is 0 Å². The zero-order valence-corrected chi connectivity index (χ0v) is 13.9. The highest BCUT2D eigenvalue weighted by Crippen LogP contribution is 2.19. The van der Waals surface area contributed by atoms with E-state index in [2.05, 4.69) is 13.8 Å². The predicted molar refractivity (Wildman–Crippen MR) is 86.2 cm³/mol. The molecule has 0 N–H and O–H groups in total. The molecule has 2 nitrogen and oxygen atoms in total. The first kappa shape index (κ1) is 18.0. The van der Waals surface area contributed by atoms with Crippen molar-refractivity contribution in [3.05, 3.63) is 0 Å². The van der Waals surface area contributed by atoms with Crippen LogP contribution < -0.4 is 0 Å². The molecule has 120 valence electrons. The summed E-state index contributed by atoms with van der Waals surface area (Å²) in [4.78, 5) is 0. The van der Waals surface area contributed by atoms with Crippen molar-refractivity contribution in [2.45, 2.75) is 103 Å². The van der Waals surface area contributed by atoms with Crippen LogP contribution in [-0.4, -0.2) is 25.4 Å².